The number of allylic oxidation sites excluding steroid dienone is 1. The number of sulfonamides is 1. The van der Waals surface area contributed by atoms with Gasteiger partial charge in [-0.15, -0.1) is 6.58 Å². The number of fused-ring (bicyclic) bond motifs is 1. The second kappa shape index (κ2) is 12.9. The number of alkyl halides is 4. The van der Waals surface area contributed by atoms with Crippen LogP contribution in [0, 0.1) is 17.2 Å². The molecule has 3 amide bonds. The van der Waals surface area contributed by atoms with Crippen LogP contribution < -0.4 is 24.8 Å². The second-order valence-corrected chi connectivity index (χ2v) is 16.1. The summed E-state index contributed by atoms with van der Waals surface area (Å²) in [6.07, 6.45) is -3.40. The zero-order chi connectivity index (χ0) is 38.0. The van der Waals surface area contributed by atoms with Crippen molar-refractivity contribution in [3.8, 4) is 11.6 Å². The van der Waals surface area contributed by atoms with Gasteiger partial charge in [0, 0.05) is 29.6 Å². The molecule has 52 heavy (non-hydrogen) atoms. The van der Waals surface area contributed by atoms with E-state index in [2.05, 4.69) is 28.8 Å². The molecular weight excluding hydrogens is 717 g/mol. The van der Waals surface area contributed by atoms with Gasteiger partial charge >= 0.3 is 6.18 Å². The number of aromatic nitrogens is 1. The number of likely N-dealkylation sites (tertiary alicyclic amines) is 1. The van der Waals surface area contributed by atoms with Gasteiger partial charge in [0.15, 0.2) is 11.6 Å². The van der Waals surface area contributed by atoms with Crippen LogP contribution in [0.3, 0.4) is 0 Å². The number of amides is 3. The van der Waals surface area contributed by atoms with Gasteiger partial charge in [0.25, 0.3) is 5.91 Å². The van der Waals surface area contributed by atoms with Crippen LogP contribution in [0.25, 0.3) is 10.8 Å². The van der Waals surface area contributed by atoms with Gasteiger partial charge < -0.3 is 25.0 Å². The van der Waals surface area contributed by atoms with Crippen LogP contribution in [0.2, 0.25) is 0 Å². The lowest BCUT2D eigenvalue weighted by atomic mass is 10.0. The summed E-state index contributed by atoms with van der Waals surface area (Å²) >= 11 is 0. The van der Waals surface area contributed by atoms with Crippen LogP contribution in [-0.2, 0) is 24.4 Å². The second-order valence-electron chi connectivity index (χ2n) is 14.0. The van der Waals surface area contributed by atoms with E-state index in [9.17, 15) is 44.8 Å². The van der Waals surface area contributed by atoms with E-state index in [4.69, 9.17) is 9.47 Å². The molecule has 4 aliphatic rings. The zero-order valence-electron chi connectivity index (χ0n) is 28.3. The van der Waals surface area contributed by atoms with E-state index in [1.54, 1.807) is 6.07 Å². The first-order valence-corrected chi connectivity index (χ1v) is 18.1. The summed E-state index contributed by atoms with van der Waals surface area (Å²) in [5.41, 5.74) is -4.36. The minimum Gasteiger partial charge on any atom is -0.494 e. The van der Waals surface area contributed by atoms with E-state index in [1.165, 1.54) is 32.4 Å². The molecule has 5 atom stereocenters. The molecule has 1 aromatic carbocycles. The number of carbonyl (C=O) groups excluding carboxylic acids is 3. The maximum absolute atomic E-state index is 14.7. The van der Waals surface area contributed by atoms with E-state index in [0.717, 1.165) is 11.0 Å². The predicted octanol–water partition coefficient (Wildman–Crippen LogP) is 3.57. The first kappa shape index (κ1) is 37.3. The Balaban J connectivity index is 1.26. The van der Waals surface area contributed by atoms with Gasteiger partial charge in [-0.25, -0.2) is 22.2 Å². The summed E-state index contributed by atoms with van der Waals surface area (Å²) in [6, 6.07) is 1.51. The molecule has 6 rings (SSSR count). The van der Waals surface area contributed by atoms with Gasteiger partial charge in [-0.2, -0.15) is 13.2 Å². The Bertz CT molecular complexity index is 1950. The maximum atomic E-state index is 14.7. The summed E-state index contributed by atoms with van der Waals surface area (Å²) in [5.74, 6) is -4.24. The smallest absolute Gasteiger partial charge is 0.399 e. The number of rotatable bonds is 14. The van der Waals surface area contributed by atoms with E-state index >= 15 is 0 Å². The number of nitrogens with one attached hydrogen (secondary N) is 3. The third-order valence-corrected chi connectivity index (χ3v) is 12.8. The topological polar surface area (TPSA) is 156 Å². The normalized spacial score (nSPS) is 26.1. The molecule has 2 aromatic rings. The fraction of sp³-hybridized carbons (Fsp3) is 0.529. The van der Waals surface area contributed by atoms with Crippen LogP contribution in [0.1, 0.15) is 45.4 Å². The average Bonchev–Trinajstić information content (AvgIpc) is 4.00. The average molecular weight is 756 g/mol. The van der Waals surface area contributed by atoms with Gasteiger partial charge in [0.1, 0.15) is 40.6 Å². The molecule has 0 unspecified atom stereocenters. The summed E-state index contributed by atoms with van der Waals surface area (Å²) in [7, 11) is -3.14. The lowest BCUT2D eigenvalue weighted by Gasteiger charge is -2.31. The van der Waals surface area contributed by atoms with Crippen molar-refractivity contribution in [2.24, 2.45) is 11.3 Å². The summed E-state index contributed by atoms with van der Waals surface area (Å²) in [6.45, 7) is 7.05. The van der Waals surface area contributed by atoms with E-state index in [0.29, 0.717) is 5.39 Å². The highest BCUT2D eigenvalue weighted by molar-refractivity contribution is 7.91. The van der Waals surface area contributed by atoms with Gasteiger partial charge in [-0.3, -0.25) is 19.1 Å². The SMILES string of the molecule is C=C[C@@H]1C[C@]1(NC(=O)[C@@H]1C[C@@H](Oc2nccc3cc(OC)c(F)cc23)CN1C(=O)[C@H](C)NC(=C)C1(C(F)(F)F)CC1)C(=O)NS(=O)(=O)C1(CF)CC1. The molecule has 3 aliphatic carbocycles. The van der Waals surface area contributed by atoms with Crippen LogP contribution in [0.15, 0.2) is 49.3 Å². The molecule has 0 radical (unpaired) electrons. The Hall–Kier alpha value is -4.48. The van der Waals surface area contributed by atoms with Crippen molar-refractivity contribution in [1.82, 2.24) is 25.2 Å². The number of benzene rings is 1. The third-order valence-electron chi connectivity index (χ3n) is 10.7. The highest BCUT2D eigenvalue weighted by Gasteiger charge is 2.66. The van der Waals surface area contributed by atoms with Crippen LogP contribution in [-0.4, -0.2) is 91.0 Å². The molecule has 0 spiro atoms. The van der Waals surface area contributed by atoms with Gasteiger partial charge in [-0.1, -0.05) is 12.7 Å². The van der Waals surface area contributed by atoms with Crippen molar-refractivity contribution in [3.05, 3.63) is 55.1 Å². The lowest BCUT2D eigenvalue weighted by Crippen LogP contribution is -2.58. The number of halogens is 5. The Morgan fingerprint density at radius 3 is 2.44 bits per heavy atom. The van der Waals surface area contributed by atoms with Gasteiger partial charge in [0.05, 0.1) is 13.7 Å². The monoisotopic (exact) mass is 755 g/mol. The number of ether oxygens (including phenoxy) is 2. The summed E-state index contributed by atoms with van der Waals surface area (Å²) in [4.78, 5) is 46.7. The quantitative estimate of drug-likeness (QED) is 0.194. The lowest BCUT2D eigenvalue weighted by molar-refractivity contribution is -0.177. The first-order chi connectivity index (χ1) is 24.4. The maximum Gasteiger partial charge on any atom is 0.399 e. The van der Waals surface area contributed by atoms with E-state index < -0.39 is 91.9 Å². The van der Waals surface area contributed by atoms with Crippen LogP contribution in [0.4, 0.5) is 22.0 Å². The number of pyridine rings is 1. The number of hydrogen-bond acceptors (Lipinski definition) is 9. The molecule has 2 heterocycles. The van der Waals surface area contributed by atoms with Crippen LogP contribution >= 0.6 is 0 Å². The Labute approximate surface area is 296 Å². The molecule has 1 aliphatic heterocycles. The van der Waals surface area contributed by atoms with Crippen molar-refractivity contribution in [2.45, 2.75) is 80.1 Å². The van der Waals surface area contributed by atoms with Gasteiger partial charge in [0.2, 0.25) is 27.7 Å². The van der Waals surface area contributed by atoms with Crippen molar-refractivity contribution in [2.75, 3.05) is 20.3 Å². The summed E-state index contributed by atoms with van der Waals surface area (Å²) < 4.78 is 107. The fourth-order valence-electron chi connectivity index (χ4n) is 6.79. The molecule has 4 fully saturated rings. The Morgan fingerprint density at radius 1 is 1.19 bits per heavy atom. The van der Waals surface area contributed by atoms with E-state index in [1.807, 2.05) is 4.72 Å². The van der Waals surface area contributed by atoms with Gasteiger partial charge in [-0.05, 0) is 62.6 Å². The molecule has 1 aromatic heterocycles. The molecule has 1 saturated heterocycles. The standard InChI is InChI=1S/C34H38F5N5O7S/c1-5-21-15-33(21,30(47)43-52(48,49)31(17-35)7-8-31)42-27(45)25-13-22(51-28-23-14-24(36)26(50-4)12-20(23)6-11-40-28)16-44(25)29(46)18(2)41-19(3)32(9-10-32)34(37,38)39/h5-6,11-12,14,18,21-22,25,41H,1,3,7-10,13,15-17H2,2,4H3,(H,42,45)(H,43,47)/t18-,21+,22+,25-,33+/m0/s1. The largest absolute Gasteiger partial charge is 0.494 e. The molecule has 18 heteroatoms. The van der Waals surface area contributed by atoms with Crippen LogP contribution in [0.5, 0.6) is 11.6 Å². The number of hydrogen-bond donors (Lipinski definition) is 3. The molecule has 0 bridgehead atoms. The minimum absolute atomic E-state index is 0.0192. The Morgan fingerprint density at radius 2 is 1.88 bits per heavy atom. The Kier molecular flexibility index (Phi) is 9.23. The fourth-order valence-corrected chi connectivity index (χ4v) is 8.22. The minimum atomic E-state index is -4.60. The highest BCUT2D eigenvalue weighted by Crippen LogP contribution is 2.61. The zero-order valence-corrected chi connectivity index (χ0v) is 29.1. The molecule has 282 valence electrons. The predicted molar refractivity (Wildman–Crippen MR) is 176 cm³/mol. The van der Waals surface area contributed by atoms with Crippen molar-refractivity contribution in [1.29, 1.82) is 0 Å². The van der Waals surface area contributed by atoms with Crippen molar-refractivity contribution in [3.63, 3.8) is 0 Å². The first-order valence-electron chi connectivity index (χ1n) is 16.6. The third kappa shape index (κ3) is 6.32. The molecule has 12 nitrogen and oxygen atoms in total. The molecule has 3 saturated carbocycles. The van der Waals surface area contributed by atoms with E-state index in [-0.39, 0.29) is 62.1 Å². The molecular formula is C34H38F5N5O7S. The number of carbonyl (C=O) groups is 3. The van der Waals surface area contributed by atoms with Crippen molar-refractivity contribution >= 4 is 38.5 Å². The molecule has 3 N–H and O–H groups in total. The number of nitrogens with zero attached hydrogens (tertiary/aromatic N) is 2. The highest BCUT2D eigenvalue weighted by atomic mass is 32.2. The van der Waals surface area contributed by atoms with Crippen molar-refractivity contribution < 1.29 is 54.2 Å². The number of methoxy groups -OCH3 is 1. The summed E-state index contributed by atoms with van der Waals surface area (Å²) in [5, 5.41) is 5.90.